The molecule has 0 bridgehead atoms. The standard InChI is InChI=1S/C12H10BrFO/c13-11-5-6-12(15-8-7-14)10-4-2-1-3-9(10)11/h1-6H,7-8H2. The molecule has 2 aromatic carbocycles. The van der Waals surface area contributed by atoms with E-state index in [1.54, 1.807) is 0 Å². The molecular formula is C12H10BrFO. The van der Waals surface area contributed by atoms with Crippen LogP contribution in [0.1, 0.15) is 0 Å². The van der Waals surface area contributed by atoms with Crippen molar-refractivity contribution in [2.45, 2.75) is 0 Å². The number of fused-ring (bicyclic) bond motifs is 1. The number of rotatable bonds is 3. The molecule has 0 saturated heterocycles. The molecule has 0 unspecified atom stereocenters. The second-order valence-electron chi connectivity index (χ2n) is 3.13. The third-order valence-corrected chi connectivity index (χ3v) is 2.86. The van der Waals surface area contributed by atoms with Crippen molar-refractivity contribution in [1.82, 2.24) is 0 Å². The van der Waals surface area contributed by atoms with E-state index in [1.807, 2.05) is 36.4 Å². The maximum absolute atomic E-state index is 12.0. The van der Waals surface area contributed by atoms with E-state index in [0.717, 1.165) is 21.0 Å². The van der Waals surface area contributed by atoms with Gasteiger partial charge in [0.05, 0.1) is 0 Å². The predicted molar refractivity (Wildman–Crippen MR) is 63.1 cm³/mol. The molecule has 0 aromatic heterocycles. The van der Waals surface area contributed by atoms with Gasteiger partial charge in [-0.2, -0.15) is 0 Å². The second-order valence-corrected chi connectivity index (χ2v) is 3.98. The van der Waals surface area contributed by atoms with Gasteiger partial charge in [0, 0.05) is 9.86 Å². The third kappa shape index (κ3) is 2.12. The van der Waals surface area contributed by atoms with Gasteiger partial charge in [-0.05, 0) is 17.5 Å². The molecule has 3 heteroatoms. The first-order valence-electron chi connectivity index (χ1n) is 4.69. The van der Waals surface area contributed by atoms with Crippen molar-refractivity contribution in [3.8, 4) is 5.75 Å². The molecule has 2 rings (SSSR count). The Morgan fingerprint density at radius 1 is 1.07 bits per heavy atom. The summed E-state index contributed by atoms with van der Waals surface area (Å²) in [5, 5.41) is 2.08. The minimum atomic E-state index is -0.468. The maximum Gasteiger partial charge on any atom is 0.127 e. The van der Waals surface area contributed by atoms with Crippen LogP contribution in [0.4, 0.5) is 4.39 Å². The van der Waals surface area contributed by atoms with Crippen molar-refractivity contribution < 1.29 is 9.13 Å². The Morgan fingerprint density at radius 3 is 2.53 bits per heavy atom. The fourth-order valence-corrected chi connectivity index (χ4v) is 1.99. The Morgan fingerprint density at radius 2 is 1.80 bits per heavy atom. The van der Waals surface area contributed by atoms with Gasteiger partial charge >= 0.3 is 0 Å². The topological polar surface area (TPSA) is 9.23 Å². The zero-order chi connectivity index (χ0) is 10.7. The van der Waals surface area contributed by atoms with Crippen LogP contribution in [0.5, 0.6) is 5.75 Å². The lowest BCUT2D eigenvalue weighted by Gasteiger charge is -2.08. The van der Waals surface area contributed by atoms with Crippen LogP contribution >= 0.6 is 15.9 Å². The van der Waals surface area contributed by atoms with E-state index in [1.165, 1.54) is 0 Å². The van der Waals surface area contributed by atoms with Crippen LogP contribution in [0, 0.1) is 0 Å². The quantitative estimate of drug-likeness (QED) is 0.819. The van der Waals surface area contributed by atoms with Gasteiger partial charge in [0.25, 0.3) is 0 Å². The summed E-state index contributed by atoms with van der Waals surface area (Å²) in [4.78, 5) is 0. The van der Waals surface area contributed by atoms with Crippen LogP contribution in [0.15, 0.2) is 40.9 Å². The van der Waals surface area contributed by atoms with E-state index in [2.05, 4.69) is 15.9 Å². The Balaban J connectivity index is 2.51. The summed E-state index contributed by atoms with van der Waals surface area (Å²) in [6.45, 7) is -0.365. The molecule has 78 valence electrons. The van der Waals surface area contributed by atoms with Gasteiger partial charge in [0.15, 0.2) is 0 Å². The molecule has 0 aliphatic rings. The monoisotopic (exact) mass is 268 g/mol. The number of benzene rings is 2. The summed E-state index contributed by atoms with van der Waals surface area (Å²) >= 11 is 3.47. The average Bonchev–Trinajstić information content (AvgIpc) is 2.29. The van der Waals surface area contributed by atoms with Gasteiger partial charge in [-0.15, -0.1) is 0 Å². The van der Waals surface area contributed by atoms with E-state index < -0.39 is 6.67 Å². The lowest BCUT2D eigenvalue weighted by molar-refractivity contribution is 0.276. The van der Waals surface area contributed by atoms with E-state index in [-0.39, 0.29) is 6.61 Å². The largest absolute Gasteiger partial charge is 0.490 e. The molecule has 0 saturated carbocycles. The summed E-state index contributed by atoms with van der Waals surface area (Å²) in [5.74, 6) is 0.728. The third-order valence-electron chi connectivity index (χ3n) is 2.17. The van der Waals surface area contributed by atoms with Gasteiger partial charge in [0.2, 0.25) is 0 Å². The van der Waals surface area contributed by atoms with Gasteiger partial charge in [-0.1, -0.05) is 40.2 Å². The molecule has 0 N–H and O–H groups in total. The fourth-order valence-electron chi connectivity index (χ4n) is 1.51. The Bertz CT molecular complexity index is 470. The van der Waals surface area contributed by atoms with Crippen LogP contribution in [0.25, 0.3) is 10.8 Å². The molecule has 2 aromatic rings. The Hall–Kier alpha value is -1.09. The highest BCUT2D eigenvalue weighted by Crippen LogP contribution is 2.31. The fraction of sp³-hybridized carbons (Fsp3) is 0.167. The molecule has 0 fully saturated rings. The number of halogens is 2. The Kier molecular flexibility index (Phi) is 3.21. The smallest absolute Gasteiger partial charge is 0.127 e. The SMILES string of the molecule is FCCOc1ccc(Br)c2ccccc12. The summed E-state index contributed by atoms with van der Waals surface area (Å²) < 4.78 is 18.4. The summed E-state index contributed by atoms with van der Waals surface area (Å²) in [7, 11) is 0. The van der Waals surface area contributed by atoms with E-state index in [9.17, 15) is 4.39 Å². The van der Waals surface area contributed by atoms with Crippen LogP contribution in [0.3, 0.4) is 0 Å². The maximum atomic E-state index is 12.0. The summed E-state index contributed by atoms with van der Waals surface area (Å²) in [6.07, 6.45) is 0. The van der Waals surface area contributed by atoms with Gasteiger partial charge in [-0.25, -0.2) is 4.39 Å². The van der Waals surface area contributed by atoms with E-state index >= 15 is 0 Å². The van der Waals surface area contributed by atoms with Crippen LogP contribution in [-0.2, 0) is 0 Å². The number of alkyl halides is 1. The second kappa shape index (κ2) is 4.62. The van der Waals surface area contributed by atoms with Gasteiger partial charge in [0.1, 0.15) is 19.0 Å². The molecule has 0 heterocycles. The van der Waals surface area contributed by atoms with Crippen molar-refractivity contribution in [2.24, 2.45) is 0 Å². The first-order valence-corrected chi connectivity index (χ1v) is 5.48. The van der Waals surface area contributed by atoms with Crippen molar-refractivity contribution in [1.29, 1.82) is 0 Å². The zero-order valence-electron chi connectivity index (χ0n) is 8.04. The van der Waals surface area contributed by atoms with Crippen LogP contribution in [0.2, 0.25) is 0 Å². The molecule has 0 aliphatic heterocycles. The summed E-state index contributed by atoms with van der Waals surface area (Å²) in [5.41, 5.74) is 0. The first kappa shape index (κ1) is 10.4. The number of hydrogen-bond donors (Lipinski definition) is 0. The van der Waals surface area contributed by atoms with E-state index in [0.29, 0.717) is 0 Å². The zero-order valence-corrected chi connectivity index (χ0v) is 9.63. The minimum absolute atomic E-state index is 0.103. The van der Waals surface area contributed by atoms with Gasteiger partial charge in [-0.3, -0.25) is 0 Å². The first-order chi connectivity index (χ1) is 7.33. The van der Waals surface area contributed by atoms with Crippen molar-refractivity contribution >= 4 is 26.7 Å². The van der Waals surface area contributed by atoms with E-state index in [4.69, 9.17) is 4.74 Å². The molecule has 1 nitrogen and oxygen atoms in total. The minimum Gasteiger partial charge on any atom is -0.490 e. The highest BCUT2D eigenvalue weighted by Gasteiger charge is 2.04. The van der Waals surface area contributed by atoms with Crippen molar-refractivity contribution in [3.63, 3.8) is 0 Å². The highest BCUT2D eigenvalue weighted by molar-refractivity contribution is 9.10. The van der Waals surface area contributed by atoms with Crippen molar-refractivity contribution in [3.05, 3.63) is 40.9 Å². The molecule has 0 amide bonds. The number of ether oxygens (including phenoxy) is 1. The molecule has 0 radical (unpaired) electrons. The van der Waals surface area contributed by atoms with Crippen LogP contribution in [-0.4, -0.2) is 13.3 Å². The predicted octanol–water partition coefficient (Wildman–Crippen LogP) is 3.95. The average molecular weight is 269 g/mol. The highest BCUT2D eigenvalue weighted by atomic mass is 79.9. The Labute approximate surface area is 96.0 Å². The molecule has 0 spiro atoms. The molecule has 15 heavy (non-hydrogen) atoms. The van der Waals surface area contributed by atoms with Gasteiger partial charge < -0.3 is 4.74 Å². The molecular weight excluding hydrogens is 259 g/mol. The van der Waals surface area contributed by atoms with Crippen LogP contribution < -0.4 is 4.74 Å². The normalized spacial score (nSPS) is 10.5. The molecule has 0 aliphatic carbocycles. The van der Waals surface area contributed by atoms with Crippen molar-refractivity contribution in [2.75, 3.05) is 13.3 Å². The molecule has 0 atom stereocenters. The summed E-state index contributed by atoms with van der Waals surface area (Å²) in [6, 6.07) is 11.6. The number of hydrogen-bond acceptors (Lipinski definition) is 1. The lowest BCUT2D eigenvalue weighted by atomic mass is 10.1. The lowest BCUT2D eigenvalue weighted by Crippen LogP contribution is -1.99.